The molecule has 1 aromatic rings. The van der Waals surface area contributed by atoms with E-state index in [2.05, 4.69) is 4.90 Å². The van der Waals surface area contributed by atoms with Gasteiger partial charge in [-0.3, -0.25) is 4.90 Å². The Morgan fingerprint density at radius 1 is 1.12 bits per heavy atom. The molecule has 1 aromatic carbocycles. The number of hydrogen-bond donors (Lipinski definition) is 0. The molecule has 3 rings (SSSR count). The standard InChI is InChI=1S/C17H24Cl2N2O2S/c1-20(24(22,23)15-3-4-15)11-13-6-8-21(9-7-13)12-14-2-5-16(18)17(19)10-14/h2,5,10,13,15H,3-4,6-9,11-12H2,1H3. The maximum absolute atomic E-state index is 12.2. The van der Waals surface area contributed by atoms with Crippen LogP contribution in [0.25, 0.3) is 0 Å². The van der Waals surface area contributed by atoms with Gasteiger partial charge in [0.2, 0.25) is 10.0 Å². The molecule has 134 valence electrons. The van der Waals surface area contributed by atoms with Crippen LogP contribution in [0.1, 0.15) is 31.2 Å². The van der Waals surface area contributed by atoms with Crippen molar-refractivity contribution >= 4 is 33.2 Å². The van der Waals surface area contributed by atoms with E-state index >= 15 is 0 Å². The minimum Gasteiger partial charge on any atom is -0.299 e. The Kier molecular flexibility index (Phi) is 5.77. The van der Waals surface area contributed by atoms with Crippen LogP contribution in [0.15, 0.2) is 18.2 Å². The van der Waals surface area contributed by atoms with Crippen molar-refractivity contribution < 1.29 is 8.42 Å². The molecule has 0 amide bonds. The topological polar surface area (TPSA) is 40.6 Å². The number of benzene rings is 1. The van der Waals surface area contributed by atoms with Gasteiger partial charge in [-0.25, -0.2) is 12.7 Å². The normalized spacial score (nSPS) is 20.7. The van der Waals surface area contributed by atoms with E-state index in [9.17, 15) is 8.42 Å². The van der Waals surface area contributed by atoms with Crippen LogP contribution < -0.4 is 0 Å². The van der Waals surface area contributed by atoms with E-state index in [0.29, 0.717) is 22.5 Å². The Hall–Kier alpha value is -0.330. The third kappa shape index (κ3) is 4.44. The molecule has 1 heterocycles. The van der Waals surface area contributed by atoms with E-state index in [1.165, 1.54) is 0 Å². The summed E-state index contributed by atoms with van der Waals surface area (Å²) in [4.78, 5) is 2.39. The molecular formula is C17H24Cl2N2O2S. The zero-order valence-corrected chi connectivity index (χ0v) is 16.2. The second kappa shape index (κ2) is 7.50. The van der Waals surface area contributed by atoms with E-state index in [0.717, 1.165) is 50.9 Å². The quantitative estimate of drug-likeness (QED) is 0.744. The van der Waals surface area contributed by atoms with Gasteiger partial charge in [0, 0.05) is 20.1 Å². The van der Waals surface area contributed by atoms with Crippen molar-refractivity contribution in [3.63, 3.8) is 0 Å². The molecule has 24 heavy (non-hydrogen) atoms. The predicted octanol–water partition coefficient (Wildman–Crippen LogP) is 3.63. The number of rotatable bonds is 6. The van der Waals surface area contributed by atoms with E-state index in [4.69, 9.17) is 23.2 Å². The molecule has 0 aromatic heterocycles. The molecule has 0 unspecified atom stereocenters. The van der Waals surface area contributed by atoms with Gasteiger partial charge in [0.15, 0.2) is 0 Å². The molecule has 2 fully saturated rings. The fourth-order valence-electron chi connectivity index (χ4n) is 3.31. The molecule has 4 nitrogen and oxygen atoms in total. The highest BCUT2D eigenvalue weighted by Crippen LogP contribution is 2.31. The highest BCUT2D eigenvalue weighted by Gasteiger charge is 2.39. The monoisotopic (exact) mass is 390 g/mol. The summed E-state index contributed by atoms with van der Waals surface area (Å²) in [7, 11) is -1.31. The summed E-state index contributed by atoms with van der Waals surface area (Å²) in [5.41, 5.74) is 1.16. The summed E-state index contributed by atoms with van der Waals surface area (Å²) in [6.07, 6.45) is 3.72. The Bertz CT molecular complexity index is 684. The van der Waals surface area contributed by atoms with E-state index < -0.39 is 10.0 Å². The minimum atomic E-state index is -3.04. The van der Waals surface area contributed by atoms with Gasteiger partial charge in [-0.1, -0.05) is 29.3 Å². The van der Waals surface area contributed by atoms with Gasteiger partial charge in [0.05, 0.1) is 15.3 Å². The summed E-state index contributed by atoms with van der Waals surface area (Å²) >= 11 is 12.0. The Morgan fingerprint density at radius 2 is 1.79 bits per heavy atom. The second-order valence-electron chi connectivity index (χ2n) is 6.99. The van der Waals surface area contributed by atoms with Crippen LogP contribution in [-0.4, -0.2) is 49.6 Å². The van der Waals surface area contributed by atoms with Crippen molar-refractivity contribution in [1.29, 1.82) is 0 Å². The summed E-state index contributed by atoms with van der Waals surface area (Å²) in [5, 5.41) is 1.06. The number of likely N-dealkylation sites (tertiary alicyclic amines) is 1. The van der Waals surface area contributed by atoms with E-state index in [1.54, 1.807) is 11.4 Å². The van der Waals surface area contributed by atoms with Gasteiger partial charge in [0.25, 0.3) is 0 Å². The van der Waals surface area contributed by atoms with Crippen molar-refractivity contribution in [1.82, 2.24) is 9.21 Å². The molecule has 1 aliphatic carbocycles. The first kappa shape index (κ1) is 18.5. The Labute approximate surface area is 154 Å². The Morgan fingerprint density at radius 3 is 2.38 bits per heavy atom. The van der Waals surface area contributed by atoms with Crippen LogP contribution in [0.5, 0.6) is 0 Å². The lowest BCUT2D eigenvalue weighted by Crippen LogP contribution is -2.40. The molecular weight excluding hydrogens is 367 g/mol. The number of hydrogen-bond acceptors (Lipinski definition) is 3. The lowest BCUT2D eigenvalue weighted by molar-refractivity contribution is 0.166. The molecule has 0 radical (unpaired) electrons. The minimum absolute atomic E-state index is 0.114. The lowest BCUT2D eigenvalue weighted by atomic mass is 9.96. The molecule has 1 aliphatic heterocycles. The molecule has 0 atom stereocenters. The zero-order chi connectivity index (χ0) is 17.3. The second-order valence-corrected chi connectivity index (χ2v) is 10.1. The molecule has 0 spiro atoms. The number of sulfonamides is 1. The third-order valence-electron chi connectivity index (χ3n) is 4.99. The Balaban J connectivity index is 1.48. The van der Waals surface area contributed by atoms with Gasteiger partial charge >= 0.3 is 0 Å². The van der Waals surface area contributed by atoms with Gasteiger partial charge < -0.3 is 0 Å². The lowest BCUT2D eigenvalue weighted by Gasteiger charge is -2.33. The van der Waals surface area contributed by atoms with Gasteiger partial charge in [-0.15, -0.1) is 0 Å². The first-order valence-electron chi connectivity index (χ1n) is 8.47. The first-order chi connectivity index (χ1) is 11.4. The average Bonchev–Trinajstić information content (AvgIpc) is 3.38. The maximum Gasteiger partial charge on any atom is 0.216 e. The van der Waals surface area contributed by atoms with E-state index in [1.807, 2.05) is 18.2 Å². The van der Waals surface area contributed by atoms with Crippen molar-refractivity contribution in [2.45, 2.75) is 37.5 Å². The van der Waals surface area contributed by atoms with Crippen LogP contribution in [0.2, 0.25) is 10.0 Å². The number of piperidine rings is 1. The van der Waals surface area contributed by atoms with Gasteiger partial charge in [-0.05, 0) is 62.4 Å². The predicted molar refractivity (Wildman–Crippen MR) is 99.0 cm³/mol. The molecule has 2 aliphatic rings. The van der Waals surface area contributed by atoms with Gasteiger partial charge in [-0.2, -0.15) is 0 Å². The van der Waals surface area contributed by atoms with Crippen molar-refractivity contribution in [3.05, 3.63) is 33.8 Å². The maximum atomic E-state index is 12.2. The van der Waals surface area contributed by atoms with Crippen molar-refractivity contribution in [3.8, 4) is 0 Å². The van der Waals surface area contributed by atoms with Crippen LogP contribution in [0.4, 0.5) is 0 Å². The zero-order valence-electron chi connectivity index (χ0n) is 13.9. The molecule has 1 saturated carbocycles. The molecule has 0 bridgehead atoms. The summed E-state index contributed by atoms with van der Waals surface area (Å²) in [6, 6.07) is 5.77. The van der Waals surface area contributed by atoms with Crippen LogP contribution in [-0.2, 0) is 16.6 Å². The molecule has 0 N–H and O–H groups in total. The van der Waals surface area contributed by atoms with Gasteiger partial charge in [0.1, 0.15) is 0 Å². The fourth-order valence-corrected chi connectivity index (χ4v) is 5.29. The molecule has 1 saturated heterocycles. The summed E-state index contributed by atoms with van der Waals surface area (Å²) in [6.45, 7) is 3.49. The molecule has 7 heteroatoms. The first-order valence-corrected chi connectivity index (χ1v) is 10.7. The van der Waals surface area contributed by atoms with Crippen LogP contribution >= 0.6 is 23.2 Å². The smallest absolute Gasteiger partial charge is 0.216 e. The summed E-state index contributed by atoms with van der Waals surface area (Å²) < 4.78 is 26.0. The largest absolute Gasteiger partial charge is 0.299 e. The highest BCUT2D eigenvalue weighted by molar-refractivity contribution is 7.90. The number of nitrogens with zero attached hydrogens (tertiary/aromatic N) is 2. The van der Waals surface area contributed by atoms with Crippen molar-refractivity contribution in [2.75, 3.05) is 26.7 Å². The SMILES string of the molecule is CN(CC1CCN(Cc2ccc(Cl)c(Cl)c2)CC1)S(=O)(=O)C1CC1. The third-order valence-corrected chi connectivity index (χ3v) is 8.06. The van der Waals surface area contributed by atoms with E-state index in [-0.39, 0.29) is 5.25 Å². The highest BCUT2D eigenvalue weighted by atomic mass is 35.5. The summed E-state index contributed by atoms with van der Waals surface area (Å²) in [5.74, 6) is 0.452. The van der Waals surface area contributed by atoms with Crippen molar-refractivity contribution in [2.24, 2.45) is 5.92 Å². The van der Waals surface area contributed by atoms with Crippen LogP contribution in [0.3, 0.4) is 0 Å². The number of halogens is 2. The average molecular weight is 391 g/mol. The van der Waals surface area contributed by atoms with Crippen LogP contribution in [0, 0.1) is 5.92 Å². The fraction of sp³-hybridized carbons (Fsp3) is 0.647.